The molecule has 0 saturated carbocycles. The van der Waals surface area contributed by atoms with Crippen LogP contribution in [0.5, 0.6) is 0 Å². The van der Waals surface area contributed by atoms with Crippen molar-refractivity contribution in [2.75, 3.05) is 0 Å². The van der Waals surface area contributed by atoms with Gasteiger partial charge in [0.1, 0.15) is 11.7 Å². The zero-order chi connectivity index (χ0) is 18.1. The standard InChI is InChI=1S/C19H19N3O2/c1-12-16(11-21)17(15-8-6-14(10-20)7-9-15)13(2)22(12)18(23)24-19(3,4)5/h6-9H,1-5H3. The maximum Gasteiger partial charge on any atom is 0.418 e. The highest BCUT2D eigenvalue weighted by Crippen LogP contribution is 2.32. The SMILES string of the molecule is Cc1c(C#N)c(-c2ccc(C#N)cc2)c(C)n1C(=O)OC(C)(C)C. The van der Waals surface area contributed by atoms with Gasteiger partial charge in [-0.05, 0) is 52.3 Å². The summed E-state index contributed by atoms with van der Waals surface area (Å²) < 4.78 is 6.87. The lowest BCUT2D eigenvalue weighted by molar-refractivity contribution is 0.0531. The molecule has 2 rings (SSSR count). The van der Waals surface area contributed by atoms with Gasteiger partial charge in [0.2, 0.25) is 0 Å². The molecule has 0 fully saturated rings. The highest BCUT2D eigenvalue weighted by atomic mass is 16.6. The number of ether oxygens (including phenoxy) is 1. The summed E-state index contributed by atoms with van der Waals surface area (Å²) in [6, 6.07) is 11.2. The summed E-state index contributed by atoms with van der Waals surface area (Å²) in [7, 11) is 0. The Kier molecular flexibility index (Phi) is 4.48. The maximum absolute atomic E-state index is 12.5. The fourth-order valence-corrected chi connectivity index (χ4v) is 2.62. The lowest BCUT2D eigenvalue weighted by Gasteiger charge is -2.20. The summed E-state index contributed by atoms with van der Waals surface area (Å²) in [5.41, 5.74) is 3.01. The molecule has 0 aliphatic rings. The molecular weight excluding hydrogens is 302 g/mol. The van der Waals surface area contributed by atoms with Crippen molar-refractivity contribution in [2.24, 2.45) is 0 Å². The zero-order valence-corrected chi connectivity index (χ0v) is 14.5. The van der Waals surface area contributed by atoms with E-state index < -0.39 is 11.7 Å². The Morgan fingerprint density at radius 2 is 1.62 bits per heavy atom. The van der Waals surface area contributed by atoms with Gasteiger partial charge in [-0.1, -0.05) is 12.1 Å². The molecule has 122 valence electrons. The summed E-state index contributed by atoms with van der Waals surface area (Å²) in [6.07, 6.45) is -0.506. The van der Waals surface area contributed by atoms with Crippen LogP contribution in [-0.4, -0.2) is 16.3 Å². The molecule has 0 saturated heterocycles. The Balaban J connectivity index is 2.62. The molecule has 2 aromatic rings. The minimum Gasteiger partial charge on any atom is -0.443 e. The van der Waals surface area contributed by atoms with Crippen molar-refractivity contribution in [2.45, 2.75) is 40.2 Å². The average Bonchev–Trinajstić information content (AvgIpc) is 2.76. The topological polar surface area (TPSA) is 78.8 Å². The van der Waals surface area contributed by atoms with Gasteiger partial charge in [-0.3, -0.25) is 4.57 Å². The molecule has 0 atom stereocenters. The van der Waals surface area contributed by atoms with Gasteiger partial charge in [-0.15, -0.1) is 0 Å². The van der Waals surface area contributed by atoms with Crippen LogP contribution >= 0.6 is 0 Å². The molecule has 0 unspecified atom stereocenters. The number of benzene rings is 1. The van der Waals surface area contributed by atoms with Crippen molar-refractivity contribution < 1.29 is 9.53 Å². The average molecular weight is 321 g/mol. The predicted molar refractivity (Wildman–Crippen MR) is 90.4 cm³/mol. The maximum atomic E-state index is 12.5. The first-order valence-electron chi connectivity index (χ1n) is 7.55. The lowest BCUT2D eigenvalue weighted by Crippen LogP contribution is -2.28. The molecule has 0 aliphatic carbocycles. The van der Waals surface area contributed by atoms with Crippen LogP contribution in [0, 0.1) is 36.5 Å². The molecule has 1 aromatic carbocycles. The van der Waals surface area contributed by atoms with E-state index in [1.807, 2.05) is 0 Å². The van der Waals surface area contributed by atoms with Gasteiger partial charge >= 0.3 is 6.09 Å². The first-order valence-corrected chi connectivity index (χ1v) is 7.55. The van der Waals surface area contributed by atoms with E-state index in [9.17, 15) is 10.1 Å². The number of carbonyl (C=O) groups is 1. The summed E-state index contributed by atoms with van der Waals surface area (Å²) >= 11 is 0. The van der Waals surface area contributed by atoms with Crippen LogP contribution in [-0.2, 0) is 4.74 Å². The first-order chi connectivity index (χ1) is 11.2. The van der Waals surface area contributed by atoms with Crippen molar-refractivity contribution in [3.8, 4) is 23.3 Å². The Bertz CT molecular complexity index is 870. The van der Waals surface area contributed by atoms with E-state index in [1.165, 1.54) is 4.57 Å². The van der Waals surface area contributed by atoms with Gasteiger partial charge in [0.15, 0.2) is 0 Å². The summed E-state index contributed by atoms with van der Waals surface area (Å²) in [4.78, 5) is 12.5. The monoisotopic (exact) mass is 321 g/mol. The van der Waals surface area contributed by atoms with Crippen LogP contribution in [0.2, 0.25) is 0 Å². The molecule has 5 heteroatoms. The van der Waals surface area contributed by atoms with E-state index >= 15 is 0 Å². The van der Waals surface area contributed by atoms with Gasteiger partial charge in [-0.25, -0.2) is 4.79 Å². The van der Waals surface area contributed by atoms with Gasteiger partial charge in [0.25, 0.3) is 0 Å². The van der Waals surface area contributed by atoms with E-state index in [-0.39, 0.29) is 0 Å². The smallest absolute Gasteiger partial charge is 0.418 e. The zero-order valence-electron chi connectivity index (χ0n) is 14.5. The molecule has 0 N–H and O–H groups in total. The number of nitrogens with zero attached hydrogens (tertiary/aromatic N) is 3. The second-order valence-electron chi connectivity index (χ2n) is 6.54. The lowest BCUT2D eigenvalue weighted by atomic mass is 10.0. The third-order valence-electron chi connectivity index (χ3n) is 3.63. The normalized spacial score (nSPS) is 10.8. The number of aromatic nitrogens is 1. The summed E-state index contributed by atoms with van der Waals surface area (Å²) in [6.45, 7) is 8.90. The molecular formula is C19H19N3O2. The van der Waals surface area contributed by atoms with Crippen LogP contribution in [0.15, 0.2) is 24.3 Å². The highest BCUT2D eigenvalue weighted by molar-refractivity contribution is 5.83. The van der Waals surface area contributed by atoms with Crippen LogP contribution in [0.4, 0.5) is 4.79 Å². The second-order valence-corrected chi connectivity index (χ2v) is 6.54. The quantitative estimate of drug-likeness (QED) is 0.784. The van der Waals surface area contributed by atoms with Crippen LogP contribution in [0.25, 0.3) is 11.1 Å². The number of hydrogen-bond donors (Lipinski definition) is 0. The third-order valence-corrected chi connectivity index (χ3v) is 3.63. The molecule has 1 heterocycles. The van der Waals surface area contributed by atoms with E-state index in [0.29, 0.717) is 28.1 Å². The van der Waals surface area contributed by atoms with Crippen molar-refractivity contribution >= 4 is 6.09 Å². The molecule has 1 aromatic heterocycles. The third kappa shape index (κ3) is 3.16. The molecule has 0 spiro atoms. The number of carbonyl (C=O) groups excluding carboxylic acids is 1. The first kappa shape index (κ1) is 17.3. The number of rotatable bonds is 1. The van der Waals surface area contributed by atoms with Gasteiger partial charge in [-0.2, -0.15) is 10.5 Å². The molecule has 0 bridgehead atoms. The Hall–Kier alpha value is -3.05. The van der Waals surface area contributed by atoms with E-state index in [1.54, 1.807) is 58.9 Å². The second kappa shape index (κ2) is 6.22. The van der Waals surface area contributed by atoms with Crippen LogP contribution < -0.4 is 0 Å². The minimum absolute atomic E-state index is 0.433. The predicted octanol–water partition coefficient (Wildman–Crippen LogP) is 4.30. The van der Waals surface area contributed by atoms with Crippen molar-refractivity contribution in [1.29, 1.82) is 10.5 Å². The van der Waals surface area contributed by atoms with Gasteiger partial charge in [0, 0.05) is 17.0 Å². The number of hydrogen-bond acceptors (Lipinski definition) is 4. The van der Waals surface area contributed by atoms with E-state index in [0.717, 1.165) is 5.56 Å². The van der Waals surface area contributed by atoms with Gasteiger partial charge < -0.3 is 4.74 Å². The molecule has 24 heavy (non-hydrogen) atoms. The van der Waals surface area contributed by atoms with Crippen molar-refractivity contribution in [3.05, 3.63) is 46.8 Å². The van der Waals surface area contributed by atoms with Crippen molar-refractivity contribution in [3.63, 3.8) is 0 Å². The molecule has 0 radical (unpaired) electrons. The highest BCUT2D eigenvalue weighted by Gasteiger charge is 2.26. The Labute approximate surface area is 141 Å². The fourth-order valence-electron chi connectivity index (χ4n) is 2.62. The minimum atomic E-state index is -0.623. The van der Waals surface area contributed by atoms with Crippen molar-refractivity contribution in [1.82, 2.24) is 4.57 Å². The summed E-state index contributed by atoms with van der Waals surface area (Å²) in [5.74, 6) is 0. The Morgan fingerprint density at radius 1 is 1.04 bits per heavy atom. The molecule has 0 amide bonds. The van der Waals surface area contributed by atoms with E-state index in [4.69, 9.17) is 10.00 Å². The fraction of sp³-hybridized carbons (Fsp3) is 0.316. The molecule has 0 aliphatic heterocycles. The largest absolute Gasteiger partial charge is 0.443 e. The summed E-state index contributed by atoms with van der Waals surface area (Å²) in [5, 5.41) is 18.5. The number of nitriles is 2. The van der Waals surface area contributed by atoms with E-state index in [2.05, 4.69) is 12.1 Å². The van der Waals surface area contributed by atoms with Gasteiger partial charge in [0.05, 0.1) is 17.2 Å². The van der Waals surface area contributed by atoms with Crippen LogP contribution in [0.3, 0.4) is 0 Å². The molecule has 5 nitrogen and oxygen atoms in total. The Morgan fingerprint density at radius 3 is 2.08 bits per heavy atom. The van der Waals surface area contributed by atoms with Crippen LogP contribution in [0.1, 0.15) is 43.3 Å².